The van der Waals surface area contributed by atoms with Crippen LogP contribution >= 0.6 is 0 Å². The minimum Gasteiger partial charge on any atom is -0.357 e. The number of amides is 1. The molecule has 7 heteroatoms. The lowest BCUT2D eigenvalue weighted by Crippen LogP contribution is -2.55. The monoisotopic (exact) mass is 304 g/mol. The first-order valence-corrected chi connectivity index (χ1v) is 7.99. The summed E-state index contributed by atoms with van der Waals surface area (Å²) in [5, 5.41) is 7.44. The molecular formula is C15H24N6O. The van der Waals surface area contributed by atoms with E-state index in [1.807, 2.05) is 13.2 Å². The molecule has 0 atom stereocenters. The third kappa shape index (κ3) is 3.40. The summed E-state index contributed by atoms with van der Waals surface area (Å²) in [5.74, 6) is 1.71. The van der Waals surface area contributed by atoms with Gasteiger partial charge >= 0.3 is 0 Å². The van der Waals surface area contributed by atoms with Crippen LogP contribution in [0.3, 0.4) is 0 Å². The van der Waals surface area contributed by atoms with E-state index in [4.69, 9.17) is 0 Å². The number of nitrogens with one attached hydrogen (secondary N) is 1. The predicted molar refractivity (Wildman–Crippen MR) is 85.8 cm³/mol. The molecule has 1 amide bonds. The van der Waals surface area contributed by atoms with Gasteiger partial charge in [0, 0.05) is 39.4 Å². The summed E-state index contributed by atoms with van der Waals surface area (Å²) >= 11 is 0. The first-order chi connectivity index (χ1) is 10.7. The van der Waals surface area contributed by atoms with E-state index < -0.39 is 0 Å². The summed E-state index contributed by atoms with van der Waals surface area (Å²) in [4.78, 5) is 21.0. The highest BCUT2D eigenvalue weighted by Crippen LogP contribution is 2.28. The fourth-order valence-corrected chi connectivity index (χ4v) is 2.62. The molecule has 1 saturated heterocycles. The van der Waals surface area contributed by atoms with Gasteiger partial charge in [-0.25, -0.2) is 0 Å². The fraction of sp³-hybridized carbons (Fsp3) is 0.667. The molecule has 22 heavy (non-hydrogen) atoms. The Morgan fingerprint density at radius 2 is 2.27 bits per heavy atom. The van der Waals surface area contributed by atoms with Crippen LogP contribution in [-0.2, 0) is 11.8 Å². The molecule has 0 radical (unpaired) electrons. The Kier molecular flexibility index (Phi) is 4.31. The van der Waals surface area contributed by atoms with Crippen molar-refractivity contribution in [2.45, 2.75) is 19.8 Å². The number of aliphatic imine (C=N–C) groups is 1. The van der Waals surface area contributed by atoms with Crippen LogP contribution in [-0.4, -0.2) is 59.3 Å². The molecule has 120 valence electrons. The molecule has 0 spiro atoms. The number of aryl methyl sites for hydroxylation is 1. The van der Waals surface area contributed by atoms with E-state index in [0.717, 1.165) is 37.2 Å². The van der Waals surface area contributed by atoms with Crippen molar-refractivity contribution in [1.82, 2.24) is 20.0 Å². The SMILES string of the molecule is CCNC(=NCC1CC1)N1CCN(c2cnn(C)c2)C(=O)C1. The lowest BCUT2D eigenvalue weighted by Gasteiger charge is -2.35. The number of piperazine rings is 1. The number of carbonyl (C=O) groups is 1. The second kappa shape index (κ2) is 6.37. The summed E-state index contributed by atoms with van der Waals surface area (Å²) in [6.07, 6.45) is 6.19. The summed E-state index contributed by atoms with van der Waals surface area (Å²) in [7, 11) is 1.86. The van der Waals surface area contributed by atoms with Gasteiger partial charge in [0.15, 0.2) is 5.96 Å². The van der Waals surface area contributed by atoms with Gasteiger partial charge in [0.25, 0.3) is 0 Å². The number of hydrogen-bond acceptors (Lipinski definition) is 3. The van der Waals surface area contributed by atoms with Gasteiger partial charge in [-0.3, -0.25) is 14.5 Å². The van der Waals surface area contributed by atoms with E-state index in [9.17, 15) is 4.79 Å². The first kappa shape index (κ1) is 14.9. The Balaban J connectivity index is 1.64. The van der Waals surface area contributed by atoms with Gasteiger partial charge in [0.05, 0.1) is 11.9 Å². The number of nitrogens with zero attached hydrogens (tertiary/aromatic N) is 5. The average molecular weight is 304 g/mol. The maximum atomic E-state index is 12.4. The van der Waals surface area contributed by atoms with Gasteiger partial charge in [0.2, 0.25) is 5.91 Å². The fourth-order valence-electron chi connectivity index (χ4n) is 2.62. The summed E-state index contributed by atoms with van der Waals surface area (Å²) in [5.41, 5.74) is 0.868. The third-order valence-corrected chi connectivity index (χ3v) is 4.05. The van der Waals surface area contributed by atoms with Crippen LogP contribution in [0.25, 0.3) is 0 Å². The smallest absolute Gasteiger partial charge is 0.246 e. The molecule has 2 fully saturated rings. The zero-order valence-corrected chi connectivity index (χ0v) is 13.3. The van der Waals surface area contributed by atoms with Crippen molar-refractivity contribution in [3.63, 3.8) is 0 Å². The van der Waals surface area contributed by atoms with Crippen LogP contribution in [0.2, 0.25) is 0 Å². The Labute approximate surface area is 131 Å². The Morgan fingerprint density at radius 3 is 2.86 bits per heavy atom. The van der Waals surface area contributed by atoms with E-state index in [1.165, 1.54) is 12.8 Å². The lowest BCUT2D eigenvalue weighted by atomic mass is 10.3. The molecule has 1 aliphatic carbocycles. The highest BCUT2D eigenvalue weighted by atomic mass is 16.2. The number of anilines is 1. The zero-order chi connectivity index (χ0) is 15.5. The van der Waals surface area contributed by atoms with Crippen LogP contribution in [0.5, 0.6) is 0 Å². The highest BCUT2D eigenvalue weighted by molar-refractivity contribution is 5.98. The standard InChI is InChI=1S/C15H24N6O/c1-3-16-15(17-8-12-4-5-12)20-6-7-21(14(22)11-20)13-9-18-19(2)10-13/h9-10,12H,3-8,11H2,1-2H3,(H,16,17). The molecule has 0 unspecified atom stereocenters. The van der Waals surface area contributed by atoms with E-state index in [0.29, 0.717) is 13.1 Å². The van der Waals surface area contributed by atoms with E-state index in [1.54, 1.807) is 15.8 Å². The molecule has 1 aliphatic heterocycles. The Morgan fingerprint density at radius 1 is 1.45 bits per heavy atom. The lowest BCUT2D eigenvalue weighted by molar-refractivity contribution is -0.120. The number of guanidine groups is 1. The predicted octanol–water partition coefficient (Wildman–Crippen LogP) is 0.444. The number of rotatable bonds is 4. The second-order valence-corrected chi connectivity index (χ2v) is 5.98. The van der Waals surface area contributed by atoms with Gasteiger partial charge in [-0.15, -0.1) is 0 Å². The Hall–Kier alpha value is -2.05. The molecule has 2 heterocycles. The van der Waals surface area contributed by atoms with Gasteiger partial charge < -0.3 is 15.1 Å². The van der Waals surface area contributed by atoms with Gasteiger partial charge in [-0.1, -0.05) is 0 Å². The van der Waals surface area contributed by atoms with Crippen LogP contribution < -0.4 is 10.2 Å². The molecule has 3 rings (SSSR count). The topological polar surface area (TPSA) is 65.8 Å². The van der Waals surface area contributed by atoms with Crippen molar-refractivity contribution in [2.75, 3.05) is 37.6 Å². The van der Waals surface area contributed by atoms with E-state index in [2.05, 4.69) is 27.2 Å². The average Bonchev–Trinajstić information content (AvgIpc) is 3.24. The van der Waals surface area contributed by atoms with E-state index >= 15 is 0 Å². The molecule has 1 N–H and O–H groups in total. The third-order valence-electron chi connectivity index (χ3n) is 4.05. The minimum atomic E-state index is 0.0938. The summed E-state index contributed by atoms with van der Waals surface area (Å²) in [6, 6.07) is 0. The zero-order valence-electron chi connectivity index (χ0n) is 13.3. The van der Waals surface area contributed by atoms with Crippen LogP contribution in [0, 0.1) is 5.92 Å². The molecule has 1 saturated carbocycles. The maximum absolute atomic E-state index is 12.4. The largest absolute Gasteiger partial charge is 0.357 e. The van der Waals surface area contributed by atoms with Gasteiger partial charge in [-0.2, -0.15) is 5.10 Å². The summed E-state index contributed by atoms with van der Waals surface area (Å²) < 4.78 is 1.72. The quantitative estimate of drug-likeness (QED) is 0.648. The van der Waals surface area contributed by atoms with Crippen LogP contribution in [0.15, 0.2) is 17.4 Å². The van der Waals surface area contributed by atoms with Crippen LogP contribution in [0.4, 0.5) is 5.69 Å². The van der Waals surface area contributed by atoms with Crippen molar-refractivity contribution in [2.24, 2.45) is 18.0 Å². The van der Waals surface area contributed by atoms with Crippen LogP contribution in [0.1, 0.15) is 19.8 Å². The number of hydrogen-bond donors (Lipinski definition) is 1. The Bertz CT molecular complexity index is 562. The summed E-state index contributed by atoms with van der Waals surface area (Å²) in [6.45, 7) is 5.57. The second-order valence-electron chi connectivity index (χ2n) is 5.98. The van der Waals surface area contributed by atoms with Crippen molar-refractivity contribution >= 4 is 17.6 Å². The molecule has 1 aromatic rings. The molecule has 0 bridgehead atoms. The van der Waals surface area contributed by atoms with Crippen molar-refractivity contribution in [3.8, 4) is 0 Å². The van der Waals surface area contributed by atoms with Gasteiger partial charge in [0.1, 0.15) is 6.54 Å². The first-order valence-electron chi connectivity index (χ1n) is 7.99. The number of aromatic nitrogens is 2. The highest BCUT2D eigenvalue weighted by Gasteiger charge is 2.28. The van der Waals surface area contributed by atoms with E-state index in [-0.39, 0.29) is 5.91 Å². The van der Waals surface area contributed by atoms with Crippen molar-refractivity contribution in [3.05, 3.63) is 12.4 Å². The molecule has 7 nitrogen and oxygen atoms in total. The van der Waals surface area contributed by atoms with Crippen molar-refractivity contribution in [1.29, 1.82) is 0 Å². The minimum absolute atomic E-state index is 0.0938. The normalized spacial score (nSPS) is 19.7. The number of carbonyl (C=O) groups excluding carboxylic acids is 1. The molecular weight excluding hydrogens is 280 g/mol. The van der Waals surface area contributed by atoms with Gasteiger partial charge in [-0.05, 0) is 25.7 Å². The molecule has 1 aromatic heterocycles. The molecule has 0 aromatic carbocycles. The van der Waals surface area contributed by atoms with Crippen molar-refractivity contribution < 1.29 is 4.79 Å². The maximum Gasteiger partial charge on any atom is 0.246 e. The molecule has 2 aliphatic rings.